The monoisotopic (exact) mass is 204 g/mol. The zero-order valence-corrected chi connectivity index (χ0v) is 10.7. The van der Waals surface area contributed by atoms with Gasteiger partial charge in [0.1, 0.15) is 15.7 Å². The highest BCUT2D eigenvalue weighted by Gasteiger charge is 2.24. The maximum Gasteiger partial charge on any atom is 0.105 e. The second-order valence-corrected chi connectivity index (χ2v) is 6.49. The van der Waals surface area contributed by atoms with Crippen molar-refractivity contribution in [1.29, 1.82) is 0 Å². The highest BCUT2D eigenvalue weighted by atomic mass is 14.3. The smallest absolute Gasteiger partial charge is 0.0697 e. The molecule has 2 aliphatic rings. The number of rotatable bonds is 2. The van der Waals surface area contributed by atoms with Crippen molar-refractivity contribution >= 4 is 15.7 Å². The minimum atomic E-state index is 1.02. The molecule has 0 aromatic heterocycles. The molecular weight excluding hydrogens is 178 g/mol. The second kappa shape index (κ2) is 5.46. The van der Waals surface area contributed by atoms with Crippen molar-refractivity contribution in [1.82, 2.24) is 0 Å². The van der Waals surface area contributed by atoms with Gasteiger partial charge in [-0.1, -0.05) is 63.0 Å². The molecule has 0 atom stereocenters. The minimum absolute atomic E-state index is 1.02. The first-order valence-corrected chi connectivity index (χ1v) is 7.24. The third-order valence-corrected chi connectivity index (χ3v) is 4.94. The van der Waals surface area contributed by atoms with Crippen LogP contribution in [0.15, 0.2) is 0 Å². The first kappa shape index (κ1) is 11.6. The molecule has 0 spiro atoms. The van der Waals surface area contributed by atoms with Gasteiger partial charge in [0, 0.05) is 0 Å². The van der Waals surface area contributed by atoms with E-state index in [4.69, 9.17) is 0 Å². The van der Waals surface area contributed by atoms with Crippen LogP contribution in [0.2, 0.25) is 11.6 Å². The summed E-state index contributed by atoms with van der Waals surface area (Å²) in [5.74, 6) is 4.24. The van der Waals surface area contributed by atoms with Gasteiger partial charge in [-0.3, -0.25) is 0 Å². The molecule has 2 aliphatic carbocycles. The van der Waals surface area contributed by atoms with Crippen molar-refractivity contribution in [3.63, 3.8) is 0 Å². The summed E-state index contributed by atoms with van der Waals surface area (Å²) in [4.78, 5) is 0. The minimum Gasteiger partial charge on any atom is -0.0697 e. The molecule has 0 nitrogen and oxygen atoms in total. The lowest BCUT2D eigenvalue weighted by molar-refractivity contribution is 0.245. The van der Waals surface area contributed by atoms with E-state index in [-0.39, 0.29) is 0 Å². The Balaban J connectivity index is 1.68. The maximum atomic E-state index is 2.43. The maximum absolute atomic E-state index is 2.43. The zero-order valence-electron chi connectivity index (χ0n) is 10.7. The number of hydrogen-bond donors (Lipinski definition) is 0. The van der Waals surface area contributed by atoms with Crippen LogP contribution in [-0.4, -0.2) is 15.7 Å². The summed E-state index contributed by atoms with van der Waals surface area (Å²) in [7, 11) is 4.86. The van der Waals surface area contributed by atoms with E-state index in [2.05, 4.69) is 15.7 Å². The van der Waals surface area contributed by atoms with Crippen LogP contribution in [0.4, 0.5) is 0 Å². The van der Waals surface area contributed by atoms with Crippen LogP contribution in [0.3, 0.4) is 0 Å². The van der Waals surface area contributed by atoms with Crippen molar-refractivity contribution in [3.05, 3.63) is 0 Å². The molecule has 0 unspecified atom stereocenters. The van der Waals surface area contributed by atoms with Crippen molar-refractivity contribution < 1.29 is 0 Å². The van der Waals surface area contributed by atoms with Crippen molar-refractivity contribution in [2.24, 2.45) is 11.8 Å². The van der Waals surface area contributed by atoms with Gasteiger partial charge >= 0.3 is 0 Å². The lowest BCUT2D eigenvalue weighted by atomic mass is 9.67. The molecule has 15 heavy (non-hydrogen) atoms. The molecule has 2 fully saturated rings. The fourth-order valence-corrected chi connectivity index (χ4v) is 3.60. The Labute approximate surface area is 97.4 Å². The SMILES string of the molecule is BC1CCC(CC2CCC(B)CC2)CC1. The van der Waals surface area contributed by atoms with E-state index in [1.54, 1.807) is 6.42 Å². The Morgan fingerprint density at radius 2 is 0.933 bits per heavy atom. The van der Waals surface area contributed by atoms with Crippen LogP contribution >= 0.6 is 0 Å². The van der Waals surface area contributed by atoms with Gasteiger partial charge in [0.2, 0.25) is 0 Å². The van der Waals surface area contributed by atoms with E-state index >= 15 is 0 Å². The van der Waals surface area contributed by atoms with E-state index < -0.39 is 0 Å². The standard InChI is InChI=1S/C13H26B2/c14-12-5-1-10(2-6-12)9-11-3-7-13(15)8-4-11/h10-13H,1-9,14-15H2. The van der Waals surface area contributed by atoms with Gasteiger partial charge in [-0.25, -0.2) is 0 Å². The molecule has 0 bridgehead atoms. The van der Waals surface area contributed by atoms with Crippen molar-refractivity contribution in [3.8, 4) is 0 Å². The van der Waals surface area contributed by atoms with Gasteiger partial charge in [-0.2, -0.15) is 0 Å². The van der Waals surface area contributed by atoms with Gasteiger partial charge < -0.3 is 0 Å². The highest BCUT2D eigenvalue weighted by Crippen LogP contribution is 2.39. The van der Waals surface area contributed by atoms with Crippen molar-refractivity contribution in [2.75, 3.05) is 0 Å². The first-order chi connectivity index (χ1) is 7.24. The molecule has 0 amide bonds. The molecule has 2 saturated carbocycles. The average Bonchev–Trinajstić information content (AvgIpc) is 2.25. The summed E-state index contributed by atoms with van der Waals surface area (Å²) in [6.45, 7) is 0. The third kappa shape index (κ3) is 3.57. The van der Waals surface area contributed by atoms with Gasteiger partial charge in [0.15, 0.2) is 0 Å². The largest absolute Gasteiger partial charge is 0.105 e. The molecular formula is C13H26B2. The molecule has 0 N–H and O–H groups in total. The first-order valence-electron chi connectivity index (χ1n) is 7.24. The summed E-state index contributed by atoms with van der Waals surface area (Å²) in [5.41, 5.74) is 0. The lowest BCUT2D eigenvalue weighted by Gasteiger charge is -2.32. The van der Waals surface area contributed by atoms with E-state index in [1.807, 2.05) is 0 Å². The molecule has 2 rings (SSSR count). The van der Waals surface area contributed by atoms with E-state index in [1.165, 1.54) is 51.4 Å². The summed E-state index contributed by atoms with van der Waals surface area (Å²) in [6, 6.07) is 0. The average molecular weight is 204 g/mol. The molecule has 2 heteroatoms. The molecule has 0 saturated heterocycles. The molecule has 0 radical (unpaired) electrons. The highest BCUT2D eigenvalue weighted by molar-refractivity contribution is 6.11. The van der Waals surface area contributed by atoms with Crippen LogP contribution < -0.4 is 0 Å². The normalized spacial score (nSPS) is 42.7. The molecule has 0 aliphatic heterocycles. The predicted molar refractivity (Wildman–Crippen MR) is 73.1 cm³/mol. The molecule has 0 aromatic carbocycles. The predicted octanol–water partition coefficient (Wildman–Crippen LogP) is 2.60. The number of hydrogen-bond acceptors (Lipinski definition) is 0. The van der Waals surface area contributed by atoms with Crippen LogP contribution in [0.1, 0.15) is 57.8 Å². The quantitative estimate of drug-likeness (QED) is 0.606. The van der Waals surface area contributed by atoms with E-state index in [0.29, 0.717) is 0 Å². The van der Waals surface area contributed by atoms with Gasteiger partial charge in [-0.05, 0) is 18.3 Å². The summed E-state index contributed by atoms with van der Waals surface area (Å²) in [6.07, 6.45) is 13.7. The summed E-state index contributed by atoms with van der Waals surface area (Å²) in [5, 5.41) is 0. The van der Waals surface area contributed by atoms with E-state index in [9.17, 15) is 0 Å². The summed E-state index contributed by atoms with van der Waals surface area (Å²) >= 11 is 0. The van der Waals surface area contributed by atoms with Crippen LogP contribution in [0, 0.1) is 11.8 Å². The Morgan fingerprint density at radius 3 is 1.27 bits per heavy atom. The van der Waals surface area contributed by atoms with Gasteiger partial charge in [0.05, 0.1) is 0 Å². The summed E-state index contributed by atoms with van der Waals surface area (Å²) < 4.78 is 0. The third-order valence-electron chi connectivity index (χ3n) is 4.94. The Kier molecular flexibility index (Phi) is 4.22. The van der Waals surface area contributed by atoms with Crippen LogP contribution in [0.25, 0.3) is 0 Å². The fraction of sp³-hybridized carbons (Fsp3) is 1.00. The molecule has 0 aromatic rings. The van der Waals surface area contributed by atoms with E-state index in [0.717, 1.165) is 23.5 Å². The van der Waals surface area contributed by atoms with Crippen LogP contribution in [-0.2, 0) is 0 Å². The Hall–Kier alpha value is 0.130. The molecule has 0 heterocycles. The fourth-order valence-electron chi connectivity index (χ4n) is 3.60. The van der Waals surface area contributed by atoms with Gasteiger partial charge in [0.25, 0.3) is 0 Å². The van der Waals surface area contributed by atoms with Crippen LogP contribution in [0.5, 0.6) is 0 Å². The Morgan fingerprint density at radius 1 is 0.600 bits per heavy atom. The second-order valence-electron chi connectivity index (χ2n) is 6.49. The Bertz CT molecular complexity index is 157. The molecule has 84 valence electrons. The topological polar surface area (TPSA) is 0 Å². The lowest BCUT2D eigenvalue weighted by Crippen LogP contribution is -2.18. The van der Waals surface area contributed by atoms with Gasteiger partial charge in [-0.15, -0.1) is 0 Å². The zero-order chi connectivity index (χ0) is 10.7. The van der Waals surface area contributed by atoms with Crippen molar-refractivity contribution in [2.45, 2.75) is 69.4 Å².